The second-order valence-corrected chi connectivity index (χ2v) is 6.46. The molecule has 2 aromatic rings. The average molecular weight is 354 g/mol. The predicted molar refractivity (Wildman–Crippen MR) is 104 cm³/mol. The van der Waals surface area contributed by atoms with Crippen LogP contribution in [0.2, 0.25) is 0 Å². The molecule has 1 saturated heterocycles. The van der Waals surface area contributed by atoms with Crippen molar-refractivity contribution in [1.82, 2.24) is 0 Å². The summed E-state index contributed by atoms with van der Waals surface area (Å²) in [6.45, 7) is 7.54. The van der Waals surface area contributed by atoms with Crippen molar-refractivity contribution < 1.29 is 14.3 Å². The Hall–Kier alpha value is -2.53. The lowest BCUT2D eigenvalue weighted by Crippen LogP contribution is -2.36. The molecule has 0 bridgehead atoms. The Kier molecular flexibility index (Phi) is 6.12. The van der Waals surface area contributed by atoms with Crippen LogP contribution in [0.15, 0.2) is 42.5 Å². The Balaban J connectivity index is 1.56. The molecule has 1 aliphatic rings. The zero-order valence-corrected chi connectivity index (χ0v) is 15.5. The average Bonchev–Trinajstić information content (AvgIpc) is 2.66. The van der Waals surface area contributed by atoms with Gasteiger partial charge in [0, 0.05) is 13.1 Å². The fourth-order valence-electron chi connectivity index (χ4n) is 3.01. The Morgan fingerprint density at radius 3 is 2.69 bits per heavy atom. The van der Waals surface area contributed by atoms with Gasteiger partial charge in [0.05, 0.1) is 37.6 Å². The molecule has 26 heavy (non-hydrogen) atoms. The number of anilines is 2. The van der Waals surface area contributed by atoms with E-state index in [1.807, 2.05) is 43.3 Å². The van der Waals surface area contributed by atoms with E-state index in [4.69, 9.17) is 9.47 Å². The monoisotopic (exact) mass is 354 g/mol. The first kappa shape index (κ1) is 18.3. The molecule has 5 nitrogen and oxygen atoms in total. The Morgan fingerprint density at radius 1 is 1.12 bits per heavy atom. The zero-order valence-electron chi connectivity index (χ0n) is 15.5. The molecule has 0 atom stereocenters. The first-order valence-electron chi connectivity index (χ1n) is 9.06. The van der Waals surface area contributed by atoms with Gasteiger partial charge in [-0.1, -0.05) is 24.3 Å². The molecule has 1 aliphatic heterocycles. The van der Waals surface area contributed by atoms with Gasteiger partial charge in [-0.05, 0) is 43.2 Å². The van der Waals surface area contributed by atoms with Gasteiger partial charge in [-0.25, -0.2) is 0 Å². The normalized spacial score (nSPS) is 14.2. The van der Waals surface area contributed by atoms with E-state index in [0.29, 0.717) is 26.2 Å². The highest BCUT2D eigenvalue weighted by Gasteiger charge is 2.15. The lowest BCUT2D eigenvalue weighted by molar-refractivity contribution is -0.116. The van der Waals surface area contributed by atoms with Gasteiger partial charge in [0.15, 0.2) is 0 Å². The number of amides is 1. The number of benzene rings is 2. The van der Waals surface area contributed by atoms with E-state index in [0.717, 1.165) is 35.8 Å². The zero-order chi connectivity index (χ0) is 18.4. The van der Waals surface area contributed by atoms with Gasteiger partial charge >= 0.3 is 0 Å². The maximum absolute atomic E-state index is 12.4. The van der Waals surface area contributed by atoms with Crippen molar-refractivity contribution in [2.45, 2.75) is 20.3 Å². The second-order valence-electron chi connectivity index (χ2n) is 6.46. The second kappa shape index (κ2) is 8.72. The van der Waals surface area contributed by atoms with Crippen molar-refractivity contribution in [3.63, 3.8) is 0 Å². The number of hydrogen-bond donors (Lipinski definition) is 1. The summed E-state index contributed by atoms with van der Waals surface area (Å²) >= 11 is 0. The number of nitrogens with zero attached hydrogens (tertiary/aromatic N) is 1. The molecule has 0 unspecified atom stereocenters. The topological polar surface area (TPSA) is 50.8 Å². The summed E-state index contributed by atoms with van der Waals surface area (Å²) in [4.78, 5) is 14.6. The van der Waals surface area contributed by atoms with Gasteiger partial charge in [0.25, 0.3) is 0 Å². The Bertz CT molecular complexity index is 755. The molecule has 3 rings (SSSR count). The third kappa shape index (κ3) is 4.55. The molecule has 1 amide bonds. The SMILES string of the molecule is Cc1cccc(OCCC(=O)Nc2ccccc2N2CCOCC2)c1C. The summed E-state index contributed by atoms with van der Waals surface area (Å²) < 4.78 is 11.2. The van der Waals surface area contributed by atoms with Crippen LogP contribution in [-0.4, -0.2) is 38.8 Å². The third-order valence-electron chi connectivity index (χ3n) is 4.67. The van der Waals surface area contributed by atoms with E-state index in [1.54, 1.807) is 0 Å². The smallest absolute Gasteiger partial charge is 0.227 e. The standard InChI is InChI=1S/C21H26N2O3/c1-16-6-5-9-20(17(16)2)26-13-10-21(24)22-18-7-3-4-8-19(18)23-11-14-25-15-12-23/h3-9H,10-15H2,1-2H3,(H,22,24). The largest absolute Gasteiger partial charge is 0.493 e. The van der Waals surface area contributed by atoms with Crippen LogP contribution >= 0.6 is 0 Å². The number of morpholine rings is 1. The number of ether oxygens (including phenoxy) is 2. The molecule has 138 valence electrons. The molecule has 1 N–H and O–H groups in total. The highest BCUT2D eigenvalue weighted by atomic mass is 16.5. The van der Waals surface area contributed by atoms with Crippen molar-refractivity contribution in [3.8, 4) is 5.75 Å². The van der Waals surface area contributed by atoms with E-state index in [9.17, 15) is 4.79 Å². The number of para-hydroxylation sites is 2. The Labute approximate surface area is 154 Å². The highest BCUT2D eigenvalue weighted by molar-refractivity contribution is 5.94. The quantitative estimate of drug-likeness (QED) is 0.862. The molecule has 0 aliphatic carbocycles. The fraction of sp³-hybridized carbons (Fsp3) is 0.381. The number of hydrogen-bond acceptors (Lipinski definition) is 4. The van der Waals surface area contributed by atoms with Gasteiger partial charge in [0.1, 0.15) is 5.75 Å². The lowest BCUT2D eigenvalue weighted by atomic mass is 10.1. The molecule has 1 fully saturated rings. The number of carbonyl (C=O) groups excluding carboxylic acids is 1. The minimum Gasteiger partial charge on any atom is -0.493 e. The number of carbonyl (C=O) groups is 1. The number of rotatable bonds is 6. The van der Waals surface area contributed by atoms with Crippen LogP contribution in [0.1, 0.15) is 17.5 Å². The van der Waals surface area contributed by atoms with Crippen LogP contribution < -0.4 is 15.0 Å². The molecule has 0 aromatic heterocycles. The van der Waals surface area contributed by atoms with Crippen molar-refractivity contribution in [2.24, 2.45) is 0 Å². The van der Waals surface area contributed by atoms with Crippen LogP contribution in [0.5, 0.6) is 5.75 Å². The van der Waals surface area contributed by atoms with Gasteiger partial charge in [0.2, 0.25) is 5.91 Å². The summed E-state index contributed by atoms with van der Waals surface area (Å²) in [6.07, 6.45) is 0.310. The van der Waals surface area contributed by atoms with Crippen molar-refractivity contribution in [1.29, 1.82) is 0 Å². The minimum atomic E-state index is -0.0454. The van der Waals surface area contributed by atoms with E-state index < -0.39 is 0 Å². The van der Waals surface area contributed by atoms with Crippen molar-refractivity contribution in [2.75, 3.05) is 43.1 Å². The van der Waals surface area contributed by atoms with Gasteiger partial charge in [-0.2, -0.15) is 0 Å². The molecule has 2 aromatic carbocycles. The van der Waals surface area contributed by atoms with E-state index in [2.05, 4.69) is 23.2 Å². The minimum absolute atomic E-state index is 0.0454. The Morgan fingerprint density at radius 2 is 1.88 bits per heavy atom. The molecule has 0 saturated carbocycles. The van der Waals surface area contributed by atoms with Gasteiger partial charge in [-0.15, -0.1) is 0 Å². The molecular formula is C21H26N2O3. The maximum atomic E-state index is 12.4. The fourth-order valence-corrected chi connectivity index (χ4v) is 3.01. The summed E-state index contributed by atoms with van der Waals surface area (Å²) in [6, 6.07) is 13.9. The highest BCUT2D eigenvalue weighted by Crippen LogP contribution is 2.26. The molecule has 1 heterocycles. The van der Waals surface area contributed by atoms with Crippen molar-refractivity contribution >= 4 is 17.3 Å². The third-order valence-corrected chi connectivity index (χ3v) is 4.67. The molecular weight excluding hydrogens is 328 g/mol. The number of aryl methyl sites for hydroxylation is 1. The predicted octanol–water partition coefficient (Wildman–Crippen LogP) is 3.55. The van der Waals surface area contributed by atoms with Gasteiger partial charge < -0.3 is 19.7 Å². The van der Waals surface area contributed by atoms with E-state index in [1.165, 1.54) is 5.56 Å². The molecule has 5 heteroatoms. The van der Waals surface area contributed by atoms with Gasteiger partial charge in [-0.3, -0.25) is 4.79 Å². The first-order chi connectivity index (χ1) is 12.6. The van der Waals surface area contributed by atoms with E-state index in [-0.39, 0.29) is 5.91 Å². The molecule has 0 spiro atoms. The first-order valence-corrected chi connectivity index (χ1v) is 9.06. The lowest BCUT2D eigenvalue weighted by Gasteiger charge is -2.30. The van der Waals surface area contributed by atoms with Crippen LogP contribution in [0.3, 0.4) is 0 Å². The summed E-state index contributed by atoms with van der Waals surface area (Å²) in [5.74, 6) is 0.794. The van der Waals surface area contributed by atoms with Crippen molar-refractivity contribution in [3.05, 3.63) is 53.6 Å². The maximum Gasteiger partial charge on any atom is 0.227 e. The summed E-state index contributed by atoms with van der Waals surface area (Å²) in [5, 5.41) is 3.02. The summed E-state index contributed by atoms with van der Waals surface area (Å²) in [5.41, 5.74) is 4.18. The molecule has 0 radical (unpaired) electrons. The van der Waals surface area contributed by atoms with Crippen LogP contribution in [0, 0.1) is 13.8 Å². The van der Waals surface area contributed by atoms with Crippen LogP contribution in [0.25, 0.3) is 0 Å². The van der Waals surface area contributed by atoms with E-state index >= 15 is 0 Å². The van der Waals surface area contributed by atoms with Crippen LogP contribution in [0.4, 0.5) is 11.4 Å². The number of nitrogens with one attached hydrogen (secondary N) is 1. The summed E-state index contributed by atoms with van der Waals surface area (Å²) in [7, 11) is 0. The van der Waals surface area contributed by atoms with Crippen LogP contribution in [-0.2, 0) is 9.53 Å².